The summed E-state index contributed by atoms with van der Waals surface area (Å²) in [5.74, 6) is 1.25. The molecule has 28 heavy (non-hydrogen) atoms. The largest absolute Gasteiger partial charge is 0.481 e. The molecule has 3 rings (SSSR count). The first-order valence-corrected chi connectivity index (χ1v) is 9.59. The zero-order valence-corrected chi connectivity index (χ0v) is 17.1. The highest BCUT2D eigenvalue weighted by molar-refractivity contribution is 6.31. The van der Waals surface area contributed by atoms with Gasteiger partial charge in [0.15, 0.2) is 6.10 Å². The normalized spacial score (nSPS) is 11.9. The first-order valence-electron chi connectivity index (χ1n) is 9.22. The average Bonchev–Trinajstić information content (AvgIpc) is 3.18. The first-order chi connectivity index (χ1) is 13.4. The van der Waals surface area contributed by atoms with Crippen molar-refractivity contribution in [2.24, 2.45) is 0 Å². The molecule has 5 heteroatoms. The molecule has 0 spiro atoms. The number of halogens is 1. The summed E-state index contributed by atoms with van der Waals surface area (Å²) in [6, 6.07) is 17.2. The van der Waals surface area contributed by atoms with E-state index in [1.807, 2.05) is 56.3 Å². The summed E-state index contributed by atoms with van der Waals surface area (Å²) >= 11 is 6.07. The predicted molar refractivity (Wildman–Crippen MR) is 110 cm³/mol. The molecular formula is C23H24ClNO3. The third-order valence-corrected chi connectivity index (χ3v) is 4.95. The molecule has 0 N–H and O–H groups in total. The summed E-state index contributed by atoms with van der Waals surface area (Å²) < 4.78 is 11.3. The first kappa shape index (κ1) is 20.0. The smallest absolute Gasteiger partial charge is 0.264 e. The molecule has 0 aliphatic carbocycles. The number of hydrogen-bond acceptors (Lipinski definition) is 3. The lowest BCUT2D eigenvalue weighted by Gasteiger charge is -2.26. The Labute approximate surface area is 170 Å². The van der Waals surface area contributed by atoms with E-state index in [1.165, 1.54) is 5.56 Å². The fourth-order valence-electron chi connectivity index (χ4n) is 2.92. The van der Waals surface area contributed by atoms with Crippen LogP contribution in [-0.4, -0.2) is 16.9 Å². The van der Waals surface area contributed by atoms with Crippen LogP contribution in [0.5, 0.6) is 5.75 Å². The number of nitrogens with zero attached hydrogens (tertiary/aromatic N) is 1. The fraction of sp³-hybridized carbons (Fsp3) is 0.261. The molecule has 0 fully saturated rings. The molecule has 146 valence electrons. The van der Waals surface area contributed by atoms with Crippen molar-refractivity contribution in [3.8, 4) is 5.75 Å². The van der Waals surface area contributed by atoms with E-state index >= 15 is 0 Å². The lowest BCUT2D eigenvalue weighted by atomic mass is 10.1. The van der Waals surface area contributed by atoms with Gasteiger partial charge in [-0.1, -0.05) is 41.4 Å². The van der Waals surface area contributed by atoms with Gasteiger partial charge in [-0.05, 0) is 62.2 Å². The Bertz CT molecular complexity index is 920. The van der Waals surface area contributed by atoms with Crippen LogP contribution in [0.4, 0.5) is 0 Å². The Morgan fingerprint density at radius 1 is 1.11 bits per heavy atom. The van der Waals surface area contributed by atoms with Crippen molar-refractivity contribution >= 4 is 17.5 Å². The molecule has 0 saturated carbocycles. The number of hydrogen-bond donors (Lipinski definition) is 0. The van der Waals surface area contributed by atoms with Crippen LogP contribution in [0.15, 0.2) is 65.3 Å². The molecule has 0 bridgehead atoms. The molecule has 0 radical (unpaired) electrons. The standard InChI is InChI=1S/C23H24ClNO3/c1-16-6-8-19(9-7-16)14-25(15-21-5-4-12-27-21)23(26)18(3)28-20-10-11-22(24)17(2)13-20/h4-13,18H,14-15H2,1-3H3/t18-/m0/s1. The highest BCUT2D eigenvalue weighted by Crippen LogP contribution is 2.23. The maximum Gasteiger partial charge on any atom is 0.264 e. The van der Waals surface area contributed by atoms with Crippen LogP contribution in [0, 0.1) is 13.8 Å². The van der Waals surface area contributed by atoms with Crippen molar-refractivity contribution in [1.82, 2.24) is 4.90 Å². The quantitative estimate of drug-likeness (QED) is 0.525. The fourth-order valence-corrected chi connectivity index (χ4v) is 3.04. The van der Waals surface area contributed by atoms with E-state index in [0.29, 0.717) is 23.9 Å². The van der Waals surface area contributed by atoms with Gasteiger partial charge in [-0.15, -0.1) is 0 Å². The van der Waals surface area contributed by atoms with Gasteiger partial charge in [0, 0.05) is 11.6 Å². The van der Waals surface area contributed by atoms with Crippen molar-refractivity contribution in [2.75, 3.05) is 0 Å². The number of ether oxygens (including phenoxy) is 1. The Morgan fingerprint density at radius 2 is 1.86 bits per heavy atom. The van der Waals surface area contributed by atoms with E-state index in [1.54, 1.807) is 30.2 Å². The minimum absolute atomic E-state index is 0.107. The summed E-state index contributed by atoms with van der Waals surface area (Å²) in [6.45, 7) is 6.57. The topological polar surface area (TPSA) is 42.7 Å². The molecule has 0 saturated heterocycles. The third kappa shape index (κ3) is 5.17. The zero-order chi connectivity index (χ0) is 20.1. The molecule has 1 atom stereocenters. The van der Waals surface area contributed by atoms with Crippen molar-refractivity contribution in [3.05, 3.63) is 88.3 Å². The maximum atomic E-state index is 13.1. The summed E-state index contributed by atoms with van der Waals surface area (Å²) in [6.07, 6.45) is 0.973. The van der Waals surface area contributed by atoms with Gasteiger partial charge in [0.2, 0.25) is 0 Å². The van der Waals surface area contributed by atoms with Gasteiger partial charge in [0.1, 0.15) is 11.5 Å². The van der Waals surface area contributed by atoms with Crippen LogP contribution >= 0.6 is 11.6 Å². The number of furan rings is 1. The van der Waals surface area contributed by atoms with E-state index < -0.39 is 6.10 Å². The average molecular weight is 398 g/mol. The molecule has 0 unspecified atom stereocenters. The van der Waals surface area contributed by atoms with Gasteiger partial charge in [0.05, 0.1) is 12.8 Å². The van der Waals surface area contributed by atoms with Gasteiger partial charge < -0.3 is 14.1 Å². The summed E-state index contributed by atoms with van der Waals surface area (Å²) in [5, 5.41) is 0.671. The van der Waals surface area contributed by atoms with E-state index in [-0.39, 0.29) is 5.91 Å². The molecular weight excluding hydrogens is 374 g/mol. The van der Waals surface area contributed by atoms with E-state index in [0.717, 1.165) is 16.9 Å². The van der Waals surface area contributed by atoms with E-state index in [4.69, 9.17) is 20.8 Å². The Hall–Kier alpha value is -2.72. The zero-order valence-electron chi connectivity index (χ0n) is 16.3. The van der Waals surface area contributed by atoms with Crippen molar-refractivity contribution in [3.63, 3.8) is 0 Å². The number of carbonyl (C=O) groups is 1. The summed E-state index contributed by atoms with van der Waals surface area (Å²) in [7, 11) is 0. The van der Waals surface area contributed by atoms with Crippen molar-refractivity contribution < 1.29 is 13.9 Å². The van der Waals surface area contributed by atoms with E-state index in [2.05, 4.69) is 0 Å². The van der Waals surface area contributed by atoms with Crippen LogP contribution < -0.4 is 4.74 Å². The number of carbonyl (C=O) groups excluding carboxylic acids is 1. The predicted octanol–water partition coefficient (Wildman–Crippen LogP) is 5.55. The van der Waals surface area contributed by atoms with E-state index in [9.17, 15) is 4.79 Å². The monoisotopic (exact) mass is 397 g/mol. The lowest BCUT2D eigenvalue weighted by molar-refractivity contribution is -0.139. The molecule has 4 nitrogen and oxygen atoms in total. The molecule has 0 aliphatic heterocycles. The van der Waals surface area contributed by atoms with Gasteiger partial charge >= 0.3 is 0 Å². The number of rotatable bonds is 7. The van der Waals surface area contributed by atoms with Crippen LogP contribution in [0.1, 0.15) is 29.4 Å². The Balaban J connectivity index is 1.75. The maximum absolute atomic E-state index is 13.1. The van der Waals surface area contributed by atoms with Crippen molar-refractivity contribution in [1.29, 1.82) is 0 Å². The van der Waals surface area contributed by atoms with Crippen LogP contribution in [0.25, 0.3) is 0 Å². The highest BCUT2D eigenvalue weighted by atomic mass is 35.5. The second-order valence-electron chi connectivity index (χ2n) is 6.93. The molecule has 2 aromatic carbocycles. The van der Waals surface area contributed by atoms with Crippen molar-refractivity contribution in [2.45, 2.75) is 40.0 Å². The molecule has 1 aromatic heterocycles. The van der Waals surface area contributed by atoms with Gasteiger partial charge in [-0.25, -0.2) is 0 Å². The van der Waals surface area contributed by atoms with Gasteiger partial charge in [0.25, 0.3) is 5.91 Å². The number of amides is 1. The van der Waals surface area contributed by atoms with Crippen LogP contribution in [-0.2, 0) is 17.9 Å². The minimum atomic E-state index is -0.638. The minimum Gasteiger partial charge on any atom is -0.481 e. The molecule has 3 aromatic rings. The number of aryl methyl sites for hydroxylation is 2. The molecule has 1 heterocycles. The van der Waals surface area contributed by atoms with Gasteiger partial charge in [-0.2, -0.15) is 0 Å². The SMILES string of the molecule is Cc1ccc(CN(Cc2ccco2)C(=O)[C@H](C)Oc2ccc(Cl)c(C)c2)cc1. The van der Waals surface area contributed by atoms with Crippen LogP contribution in [0.3, 0.4) is 0 Å². The molecule has 1 amide bonds. The van der Waals surface area contributed by atoms with Crippen LogP contribution in [0.2, 0.25) is 5.02 Å². The Kier molecular flexibility index (Phi) is 6.42. The summed E-state index contributed by atoms with van der Waals surface area (Å²) in [5.41, 5.74) is 3.15. The second kappa shape index (κ2) is 8.98. The number of benzene rings is 2. The van der Waals surface area contributed by atoms with Gasteiger partial charge in [-0.3, -0.25) is 4.79 Å². The molecule has 0 aliphatic rings. The Morgan fingerprint density at radius 3 is 2.50 bits per heavy atom. The lowest BCUT2D eigenvalue weighted by Crippen LogP contribution is -2.39. The summed E-state index contributed by atoms with van der Waals surface area (Å²) in [4.78, 5) is 14.9. The highest BCUT2D eigenvalue weighted by Gasteiger charge is 2.23. The second-order valence-corrected chi connectivity index (χ2v) is 7.34. The third-order valence-electron chi connectivity index (χ3n) is 4.52.